The number of amides is 2. The van der Waals surface area contributed by atoms with Crippen LogP contribution in [0.3, 0.4) is 0 Å². The van der Waals surface area contributed by atoms with E-state index in [-0.39, 0.29) is 24.3 Å². The maximum Gasteiger partial charge on any atom is 0.234 e. The molecule has 2 heterocycles. The van der Waals surface area contributed by atoms with Gasteiger partial charge in [-0.25, -0.2) is 4.98 Å². The molecule has 3 aromatic rings. The van der Waals surface area contributed by atoms with Crippen LogP contribution in [0.5, 0.6) is 5.75 Å². The molecule has 0 radical (unpaired) electrons. The minimum atomic E-state index is -0.279. The molecule has 1 aromatic heterocycles. The second-order valence-corrected chi connectivity index (χ2v) is 9.31. The van der Waals surface area contributed by atoms with Crippen molar-refractivity contribution in [2.45, 2.75) is 38.5 Å². The molecule has 1 aliphatic heterocycles. The molecule has 2 amide bonds. The molecule has 172 valence electrons. The standard InChI is InChI=1S/C24H25ClN4O3S/c25-17-6-8-20(9-7-17)32-14-23-28-19(15-33-23)12-22(30)27-18-4-1-3-16(11-18)13-29-10-2-5-21(29)24(26)31/h1,3-4,6-9,11,15,21H,2,5,10,12-14H2,(H2,26,31)(H,27,30). The first-order chi connectivity index (χ1) is 16.0. The summed E-state index contributed by atoms with van der Waals surface area (Å²) in [6.45, 7) is 1.80. The van der Waals surface area contributed by atoms with Gasteiger partial charge in [-0.3, -0.25) is 14.5 Å². The Hall–Kier alpha value is -2.94. The average molecular weight is 485 g/mol. The van der Waals surface area contributed by atoms with Crippen molar-refractivity contribution >= 4 is 40.4 Å². The topological polar surface area (TPSA) is 97.6 Å². The van der Waals surface area contributed by atoms with E-state index in [1.54, 1.807) is 24.3 Å². The van der Waals surface area contributed by atoms with Crippen molar-refractivity contribution < 1.29 is 14.3 Å². The number of nitrogens with zero attached hydrogens (tertiary/aromatic N) is 2. The van der Waals surface area contributed by atoms with Crippen molar-refractivity contribution in [2.75, 3.05) is 11.9 Å². The predicted octanol–water partition coefficient (Wildman–Crippen LogP) is 4.01. The number of primary amides is 1. The summed E-state index contributed by atoms with van der Waals surface area (Å²) in [5.74, 6) is 0.293. The predicted molar refractivity (Wildman–Crippen MR) is 129 cm³/mol. The van der Waals surface area contributed by atoms with E-state index in [0.717, 1.165) is 30.0 Å². The van der Waals surface area contributed by atoms with Crippen LogP contribution in [0.25, 0.3) is 0 Å². The number of nitrogens with two attached hydrogens (primary N) is 1. The van der Waals surface area contributed by atoms with Crippen LogP contribution in [0.4, 0.5) is 5.69 Å². The highest BCUT2D eigenvalue weighted by Gasteiger charge is 2.28. The number of carbonyl (C=O) groups is 2. The van der Waals surface area contributed by atoms with Gasteiger partial charge in [-0.05, 0) is 61.3 Å². The number of hydrogen-bond acceptors (Lipinski definition) is 6. The number of rotatable bonds is 9. The molecule has 0 aliphatic carbocycles. The van der Waals surface area contributed by atoms with Gasteiger partial charge in [0.05, 0.1) is 18.2 Å². The van der Waals surface area contributed by atoms with Gasteiger partial charge in [-0.15, -0.1) is 11.3 Å². The summed E-state index contributed by atoms with van der Waals surface area (Å²) in [4.78, 5) is 30.7. The lowest BCUT2D eigenvalue weighted by molar-refractivity contribution is -0.122. The van der Waals surface area contributed by atoms with Crippen molar-refractivity contribution in [1.82, 2.24) is 9.88 Å². The van der Waals surface area contributed by atoms with E-state index in [0.29, 0.717) is 35.3 Å². The SMILES string of the molecule is NC(=O)C1CCCN1Cc1cccc(NC(=O)Cc2csc(COc3ccc(Cl)cc3)n2)c1. The summed E-state index contributed by atoms with van der Waals surface area (Å²) in [6, 6.07) is 14.6. The molecular weight excluding hydrogens is 460 g/mol. The molecule has 3 N–H and O–H groups in total. The number of halogens is 1. The Kier molecular flexibility index (Phi) is 7.59. The van der Waals surface area contributed by atoms with E-state index in [4.69, 9.17) is 22.1 Å². The zero-order valence-corrected chi connectivity index (χ0v) is 19.6. The van der Waals surface area contributed by atoms with E-state index < -0.39 is 0 Å². The molecule has 1 aliphatic rings. The number of likely N-dealkylation sites (tertiary alicyclic amines) is 1. The number of thiazole rings is 1. The largest absolute Gasteiger partial charge is 0.486 e. The van der Waals surface area contributed by atoms with Crippen molar-refractivity contribution in [2.24, 2.45) is 5.73 Å². The van der Waals surface area contributed by atoms with E-state index in [9.17, 15) is 9.59 Å². The summed E-state index contributed by atoms with van der Waals surface area (Å²) in [6.07, 6.45) is 1.94. The van der Waals surface area contributed by atoms with Crippen LogP contribution >= 0.6 is 22.9 Å². The van der Waals surface area contributed by atoms with Crippen LogP contribution < -0.4 is 15.8 Å². The fraction of sp³-hybridized carbons (Fsp3) is 0.292. The van der Waals surface area contributed by atoms with Gasteiger partial charge in [0.25, 0.3) is 0 Å². The third-order valence-electron chi connectivity index (χ3n) is 5.41. The molecule has 2 aromatic carbocycles. The lowest BCUT2D eigenvalue weighted by Crippen LogP contribution is -2.39. The Bertz CT molecular complexity index is 1120. The Labute approximate surface area is 201 Å². The molecule has 9 heteroatoms. The fourth-order valence-corrected chi connectivity index (χ4v) is 4.69. The Morgan fingerprint density at radius 2 is 2.06 bits per heavy atom. The average Bonchev–Trinajstić information content (AvgIpc) is 3.43. The van der Waals surface area contributed by atoms with E-state index in [1.165, 1.54) is 11.3 Å². The molecular formula is C24H25ClN4O3S. The van der Waals surface area contributed by atoms with E-state index in [2.05, 4.69) is 15.2 Å². The van der Waals surface area contributed by atoms with E-state index >= 15 is 0 Å². The first-order valence-electron chi connectivity index (χ1n) is 10.7. The van der Waals surface area contributed by atoms with Crippen LogP contribution in [0.2, 0.25) is 5.02 Å². The number of hydrogen-bond donors (Lipinski definition) is 2. The molecule has 1 saturated heterocycles. The number of aromatic nitrogens is 1. The summed E-state index contributed by atoms with van der Waals surface area (Å²) in [7, 11) is 0. The van der Waals surface area contributed by atoms with Gasteiger partial charge in [0, 0.05) is 22.6 Å². The van der Waals surface area contributed by atoms with Crippen LogP contribution in [0, 0.1) is 0 Å². The van der Waals surface area contributed by atoms with Crippen LogP contribution in [0.1, 0.15) is 29.1 Å². The number of carbonyl (C=O) groups excluding carboxylic acids is 2. The second-order valence-electron chi connectivity index (χ2n) is 7.93. The minimum absolute atomic E-state index is 0.140. The molecule has 7 nitrogen and oxygen atoms in total. The lowest BCUT2D eigenvalue weighted by atomic mass is 10.1. The van der Waals surface area contributed by atoms with Gasteiger partial charge < -0.3 is 15.8 Å². The molecule has 0 saturated carbocycles. The van der Waals surface area contributed by atoms with Gasteiger partial charge >= 0.3 is 0 Å². The summed E-state index contributed by atoms with van der Waals surface area (Å²) in [5, 5.41) is 6.25. The van der Waals surface area contributed by atoms with Crippen molar-refractivity contribution in [3.8, 4) is 5.75 Å². The number of benzene rings is 2. The van der Waals surface area contributed by atoms with Gasteiger partial charge in [0.15, 0.2) is 0 Å². The zero-order chi connectivity index (χ0) is 23.2. The highest BCUT2D eigenvalue weighted by molar-refractivity contribution is 7.09. The Morgan fingerprint density at radius 1 is 1.24 bits per heavy atom. The summed E-state index contributed by atoms with van der Waals surface area (Å²) < 4.78 is 5.71. The normalized spacial score (nSPS) is 16.0. The smallest absolute Gasteiger partial charge is 0.234 e. The van der Waals surface area contributed by atoms with Crippen molar-refractivity contribution in [1.29, 1.82) is 0 Å². The monoisotopic (exact) mass is 484 g/mol. The van der Waals surface area contributed by atoms with Gasteiger partial charge in [-0.1, -0.05) is 23.7 Å². The number of anilines is 1. The quantitative estimate of drug-likeness (QED) is 0.478. The summed E-state index contributed by atoms with van der Waals surface area (Å²) in [5.41, 5.74) is 7.95. The van der Waals surface area contributed by atoms with Crippen molar-refractivity contribution in [3.63, 3.8) is 0 Å². The molecule has 0 spiro atoms. The third-order valence-corrected chi connectivity index (χ3v) is 6.53. The van der Waals surface area contributed by atoms with Gasteiger partial charge in [-0.2, -0.15) is 0 Å². The molecule has 4 rings (SSSR count). The molecule has 0 bridgehead atoms. The van der Waals surface area contributed by atoms with Crippen LogP contribution in [-0.2, 0) is 29.2 Å². The van der Waals surface area contributed by atoms with Crippen LogP contribution in [-0.4, -0.2) is 34.3 Å². The molecule has 1 atom stereocenters. The molecule has 1 unspecified atom stereocenters. The zero-order valence-electron chi connectivity index (χ0n) is 18.0. The lowest BCUT2D eigenvalue weighted by Gasteiger charge is -2.22. The van der Waals surface area contributed by atoms with E-state index in [1.807, 2.05) is 29.6 Å². The van der Waals surface area contributed by atoms with Crippen LogP contribution in [0.15, 0.2) is 53.9 Å². The maximum absolute atomic E-state index is 12.5. The first kappa shape index (κ1) is 23.2. The second kappa shape index (κ2) is 10.8. The highest BCUT2D eigenvalue weighted by Crippen LogP contribution is 2.22. The minimum Gasteiger partial charge on any atom is -0.486 e. The Balaban J connectivity index is 1.29. The molecule has 1 fully saturated rings. The van der Waals surface area contributed by atoms with Gasteiger partial charge in [0.1, 0.15) is 17.4 Å². The highest BCUT2D eigenvalue weighted by atomic mass is 35.5. The molecule has 33 heavy (non-hydrogen) atoms. The fourth-order valence-electron chi connectivity index (χ4n) is 3.86. The first-order valence-corrected chi connectivity index (χ1v) is 12.0. The van der Waals surface area contributed by atoms with Crippen molar-refractivity contribution in [3.05, 3.63) is 75.2 Å². The number of ether oxygens (including phenoxy) is 1. The third kappa shape index (κ3) is 6.54. The maximum atomic E-state index is 12.5. The summed E-state index contributed by atoms with van der Waals surface area (Å²) >= 11 is 7.34. The van der Waals surface area contributed by atoms with Gasteiger partial charge in [0.2, 0.25) is 11.8 Å². The Morgan fingerprint density at radius 3 is 2.85 bits per heavy atom. The number of nitrogens with one attached hydrogen (secondary N) is 1.